The minimum atomic E-state index is 0.202. The van der Waals surface area contributed by atoms with Crippen molar-refractivity contribution in [3.8, 4) is 0 Å². The van der Waals surface area contributed by atoms with Crippen LogP contribution < -0.4 is 5.73 Å². The van der Waals surface area contributed by atoms with Crippen molar-refractivity contribution < 1.29 is 4.74 Å². The van der Waals surface area contributed by atoms with Crippen molar-refractivity contribution in [1.29, 1.82) is 0 Å². The van der Waals surface area contributed by atoms with Gasteiger partial charge < -0.3 is 10.5 Å². The normalized spacial score (nSPS) is 26.6. The van der Waals surface area contributed by atoms with Gasteiger partial charge in [-0.1, -0.05) is 18.2 Å². The number of rotatable bonds is 1. The maximum atomic E-state index is 5.97. The molecule has 0 aromatic heterocycles. The fourth-order valence-electron chi connectivity index (χ4n) is 2.16. The van der Waals surface area contributed by atoms with Gasteiger partial charge in [0.2, 0.25) is 0 Å². The molecular formula is C13H19NO. The first-order valence-corrected chi connectivity index (χ1v) is 5.62. The van der Waals surface area contributed by atoms with Gasteiger partial charge in [0.15, 0.2) is 0 Å². The zero-order chi connectivity index (χ0) is 10.8. The second-order valence-electron chi connectivity index (χ2n) is 4.43. The fraction of sp³-hybridized carbons (Fsp3) is 0.538. The monoisotopic (exact) mass is 205 g/mol. The molecule has 1 aromatic rings. The molecule has 2 rings (SSSR count). The van der Waals surface area contributed by atoms with Gasteiger partial charge in [0.25, 0.3) is 0 Å². The molecule has 2 N–H and O–H groups in total. The van der Waals surface area contributed by atoms with Crippen molar-refractivity contribution in [3.05, 3.63) is 34.9 Å². The first kappa shape index (κ1) is 10.7. The largest absolute Gasteiger partial charge is 0.373 e. The summed E-state index contributed by atoms with van der Waals surface area (Å²) in [6, 6.07) is 6.69. The Kier molecular flexibility index (Phi) is 3.08. The Morgan fingerprint density at radius 2 is 2.13 bits per heavy atom. The number of ether oxygens (including phenoxy) is 1. The molecule has 1 aliphatic heterocycles. The molecule has 2 heteroatoms. The van der Waals surface area contributed by atoms with Crippen molar-refractivity contribution in [2.45, 2.75) is 38.8 Å². The number of hydrogen-bond acceptors (Lipinski definition) is 2. The van der Waals surface area contributed by atoms with Gasteiger partial charge in [-0.2, -0.15) is 0 Å². The Balaban J connectivity index is 2.24. The smallest absolute Gasteiger partial charge is 0.0842 e. The van der Waals surface area contributed by atoms with Crippen LogP contribution in [-0.2, 0) is 4.74 Å². The molecule has 2 unspecified atom stereocenters. The van der Waals surface area contributed by atoms with E-state index in [0.29, 0.717) is 6.04 Å². The highest BCUT2D eigenvalue weighted by molar-refractivity contribution is 5.34. The summed E-state index contributed by atoms with van der Waals surface area (Å²) in [7, 11) is 0. The quantitative estimate of drug-likeness (QED) is 0.764. The molecule has 0 amide bonds. The summed E-state index contributed by atoms with van der Waals surface area (Å²) in [5.74, 6) is 0. The Hall–Kier alpha value is -0.860. The van der Waals surface area contributed by atoms with E-state index >= 15 is 0 Å². The molecule has 0 aliphatic carbocycles. The van der Waals surface area contributed by atoms with Gasteiger partial charge in [0.1, 0.15) is 0 Å². The van der Waals surface area contributed by atoms with E-state index < -0.39 is 0 Å². The number of aryl methyl sites for hydroxylation is 1. The molecule has 1 fully saturated rings. The highest BCUT2D eigenvalue weighted by Gasteiger charge is 2.22. The van der Waals surface area contributed by atoms with E-state index in [1.165, 1.54) is 16.7 Å². The molecule has 1 heterocycles. The fourth-order valence-corrected chi connectivity index (χ4v) is 2.16. The summed E-state index contributed by atoms with van der Waals surface area (Å²) in [5, 5.41) is 0. The summed E-state index contributed by atoms with van der Waals surface area (Å²) < 4.78 is 5.79. The van der Waals surface area contributed by atoms with Crippen molar-refractivity contribution in [2.24, 2.45) is 5.73 Å². The number of nitrogens with two attached hydrogens (primary N) is 1. The summed E-state index contributed by atoms with van der Waals surface area (Å²) in [6.45, 7) is 5.09. The Bertz CT molecular complexity index is 348. The van der Waals surface area contributed by atoms with Gasteiger partial charge in [-0.05, 0) is 43.4 Å². The van der Waals surface area contributed by atoms with Crippen LogP contribution in [-0.4, -0.2) is 12.6 Å². The zero-order valence-corrected chi connectivity index (χ0v) is 9.49. The molecule has 0 spiro atoms. The minimum Gasteiger partial charge on any atom is -0.373 e. The van der Waals surface area contributed by atoms with Crippen LogP contribution in [0.4, 0.5) is 0 Å². The van der Waals surface area contributed by atoms with Crippen LogP contribution in [0.15, 0.2) is 18.2 Å². The van der Waals surface area contributed by atoms with Gasteiger partial charge in [-0.3, -0.25) is 0 Å². The molecule has 15 heavy (non-hydrogen) atoms. The van der Waals surface area contributed by atoms with E-state index in [0.717, 1.165) is 19.4 Å². The van der Waals surface area contributed by atoms with Crippen LogP contribution in [0.1, 0.15) is 35.6 Å². The van der Waals surface area contributed by atoms with Crippen LogP contribution in [0, 0.1) is 13.8 Å². The van der Waals surface area contributed by atoms with Crippen LogP contribution in [0.2, 0.25) is 0 Å². The Labute approximate surface area is 91.4 Å². The molecule has 2 atom stereocenters. The van der Waals surface area contributed by atoms with Crippen molar-refractivity contribution >= 4 is 0 Å². The van der Waals surface area contributed by atoms with Crippen LogP contribution in [0.25, 0.3) is 0 Å². The van der Waals surface area contributed by atoms with Gasteiger partial charge in [-0.15, -0.1) is 0 Å². The topological polar surface area (TPSA) is 35.2 Å². The van der Waals surface area contributed by atoms with E-state index in [1.54, 1.807) is 0 Å². The Morgan fingerprint density at radius 1 is 1.33 bits per heavy atom. The number of hydrogen-bond donors (Lipinski definition) is 1. The molecule has 1 aliphatic rings. The van der Waals surface area contributed by atoms with Crippen molar-refractivity contribution in [1.82, 2.24) is 0 Å². The molecular weight excluding hydrogens is 186 g/mol. The van der Waals surface area contributed by atoms with E-state index in [-0.39, 0.29) is 6.10 Å². The predicted molar refractivity (Wildman–Crippen MR) is 61.8 cm³/mol. The zero-order valence-electron chi connectivity index (χ0n) is 9.49. The van der Waals surface area contributed by atoms with Crippen LogP contribution in [0.3, 0.4) is 0 Å². The average Bonchev–Trinajstić information content (AvgIpc) is 2.22. The molecule has 1 saturated heterocycles. The Morgan fingerprint density at radius 3 is 2.87 bits per heavy atom. The van der Waals surface area contributed by atoms with Crippen molar-refractivity contribution in [3.63, 3.8) is 0 Å². The van der Waals surface area contributed by atoms with Crippen LogP contribution in [0.5, 0.6) is 0 Å². The lowest BCUT2D eigenvalue weighted by atomic mass is 9.93. The van der Waals surface area contributed by atoms with E-state index in [1.807, 2.05) is 0 Å². The maximum Gasteiger partial charge on any atom is 0.0842 e. The highest BCUT2D eigenvalue weighted by atomic mass is 16.5. The highest BCUT2D eigenvalue weighted by Crippen LogP contribution is 2.30. The van der Waals surface area contributed by atoms with Gasteiger partial charge in [-0.25, -0.2) is 0 Å². The second kappa shape index (κ2) is 4.33. The second-order valence-corrected chi connectivity index (χ2v) is 4.43. The summed E-state index contributed by atoms with van der Waals surface area (Å²) in [4.78, 5) is 0. The van der Waals surface area contributed by atoms with E-state index in [9.17, 15) is 0 Å². The molecule has 0 bridgehead atoms. The lowest BCUT2D eigenvalue weighted by Gasteiger charge is -2.28. The summed E-state index contributed by atoms with van der Waals surface area (Å²) in [6.07, 6.45) is 2.14. The lowest BCUT2D eigenvalue weighted by molar-refractivity contribution is 0.00629. The summed E-state index contributed by atoms with van der Waals surface area (Å²) in [5.41, 5.74) is 9.95. The third-order valence-corrected chi connectivity index (χ3v) is 3.32. The third-order valence-electron chi connectivity index (χ3n) is 3.32. The molecule has 0 saturated carbocycles. The average molecular weight is 205 g/mol. The summed E-state index contributed by atoms with van der Waals surface area (Å²) >= 11 is 0. The SMILES string of the molecule is Cc1cccc(C2CC(N)CCO2)c1C. The molecule has 0 radical (unpaired) electrons. The van der Waals surface area contributed by atoms with Gasteiger partial charge in [0.05, 0.1) is 6.10 Å². The van der Waals surface area contributed by atoms with Crippen molar-refractivity contribution in [2.75, 3.05) is 6.61 Å². The first-order chi connectivity index (χ1) is 7.18. The van der Waals surface area contributed by atoms with E-state index in [4.69, 9.17) is 10.5 Å². The van der Waals surface area contributed by atoms with Gasteiger partial charge in [0, 0.05) is 12.6 Å². The van der Waals surface area contributed by atoms with Crippen LogP contribution >= 0.6 is 0 Å². The minimum absolute atomic E-state index is 0.202. The number of benzene rings is 1. The molecule has 1 aromatic carbocycles. The molecule has 82 valence electrons. The standard InChI is InChI=1S/C13H19NO/c1-9-4-3-5-12(10(9)2)13-8-11(14)6-7-15-13/h3-5,11,13H,6-8,14H2,1-2H3. The third kappa shape index (κ3) is 2.21. The molecule has 2 nitrogen and oxygen atoms in total. The maximum absolute atomic E-state index is 5.97. The first-order valence-electron chi connectivity index (χ1n) is 5.62. The lowest BCUT2D eigenvalue weighted by Crippen LogP contribution is -2.30. The van der Waals surface area contributed by atoms with Gasteiger partial charge >= 0.3 is 0 Å². The van der Waals surface area contributed by atoms with E-state index in [2.05, 4.69) is 32.0 Å². The predicted octanol–water partition coefficient (Wildman–Crippen LogP) is 2.48.